The van der Waals surface area contributed by atoms with Crippen LogP contribution in [0.3, 0.4) is 0 Å². The van der Waals surface area contributed by atoms with E-state index in [1.54, 1.807) is 24.3 Å². The van der Waals surface area contributed by atoms with Crippen molar-refractivity contribution in [1.29, 1.82) is 0 Å². The number of anilines is 2. The summed E-state index contributed by atoms with van der Waals surface area (Å²) >= 11 is 1.47. The first-order chi connectivity index (χ1) is 18.5. The Bertz CT molecular complexity index is 1360. The van der Waals surface area contributed by atoms with Gasteiger partial charge in [-0.05, 0) is 55.4 Å². The molecule has 0 unspecified atom stereocenters. The maximum absolute atomic E-state index is 11.7. The summed E-state index contributed by atoms with van der Waals surface area (Å²) in [6.45, 7) is 13.7. The molecule has 198 valence electrons. The number of amides is 1. The van der Waals surface area contributed by atoms with Crippen LogP contribution in [0.5, 0.6) is 11.6 Å². The number of aliphatic hydroxyl groups excluding tert-OH is 1. The smallest absolute Gasteiger partial charge is 0.247 e. The lowest BCUT2D eigenvalue weighted by atomic mass is 10.2. The third-order valence-corrected chi connectivity index (χ3v) is 6.85. The highest BCUT2D eigenvalue weighted by Crippen LogP contribution is 2.33. The largest absolute Gasteiger partial charge is 0.437 e. The molecule has 0 aliphatic carbocycles. The summed E-state index contributed by atoms with van der Waals surface area (Å²) in [5.74, 6) is 1.42. The van der Waals surface area contributed by atoms with Crippen LogP contribution in [-0.4, -0.2) is 76.8 Å². The van der Waals surface area contributed by atoms with Gasteiger partial charge >= 0.3 is 0 Å². The van der Waals surface area contributed by atoms with Crippen LogP contribution in [0.1, 0.15) is 6.92 Å². The van der Waals surface area contributed by atoms with Gasteiger partial charge in [0.25, 0.3) is 0 Å². The molecule has 0 atom stereocenters. The summed E-state index contributed by atoms with van der Waals surface area (Å²) < 4.78 is 6.90. The van der Waals surface area contributed by atoms with E-state index in [9.17, 15) is 4.79 Å². The maximum atomic E-state index is 11.7. The lowest BCUT2D eigenvalue weighted by Crippen LogP contribution is -2.46. The van der Waals surface area contributed by atoms with Crippen molar-refractivity contribution in [2.75, 3.05) is 50.0 Å². The highest BCUT2D eigenvalue weighted by molar-refractivity contribution is 7.17. The number of carbonyl (C=O) groups excluding carboxylic acids is 1. The Morgan fingerprint density at radius 3 is 2.76 bits per heavy atom. The number of aromatic nitrogens is 2. The molecule has 3 heterocycles. The summed E-state index contributed by atoms with van der Waals surface area (Å²) in [5.41, 5.74) is 2.42. The fraction of sp³-hybridized carbons (Fsp3) is 0.259. The number of fused-ring (bicyclic) bond motifs is 1. The number of nitrogens with zero attached hydrogens (tertiary/aromatic N) is 5. The van der Waals surface area contributed by atoms with Crippen LogP contribution in [0.4, 0.5) is 11.6 Å². The zero-order valence-corrected chi connectivity index (χ0v) is 22.1. The summed E-state index contributed by atoms with van der Waals surface area (Å²) in [7, 11) is 0. The monoisotopic (exact) mass is 533 g/mol. The fourth-order valence-electron chi connectivity index (χ4n) is 3.92. The van der Waals surface area contributed by atoms with Crippen molar-refractivity contribution in [1.82, 2.24) is 19.8 Å². The van der Waals surface area contributed by atoms with Crippen LogP contribution in [0.2, 0.25) is 0 Å². The summed E-state index contributed by atoms with van der Waals surface area (Å²) in [5, 5.41) is 16.9. The zero-order valence-electron chi connectivity index (χ0n) is 21.3. The van der Waals surface area contributed by atoms with Crippen LogP contribution in [0, 0.1) is 0 Å². The van der Waals surface area contributed by atoms with Gasteiger partial charge in [-0.15, -0.1) is 11.3 Å². The summed E-state index contributed by atoms with van der Waals surface area (Å²) in [4.78, 5) is 29.5. The lowest BCUT2D eigenvalue weighted by Gasteiger charge is -2.36. The van der Waals surface area contributed by atoms with Crippen molar-refractivity contribution in [3.05, 3.63) is 72.0 Å². The molecule has 1 aliphatic heterocycles. The number of hydrogen-bond acceptors (Lipinski definition) is 10. The van der Waals surface area contributed by atoms with Gasteiger partial charge in [-0.2, -0.15) is 4.98 Å². The van der Waals surface area contributed by atoms with E-state index < -0.39 is 0 Å². The highest BCUT2D eigenvalue weighted by atomic mass is 32.1. The topological polar surface area (TPSA) is 115 Å². The second-order valence-electron chi connectivity index (χ2n) is 8.51. The van der Waals surface area contributed by atoms with Crippen LogP contribution in [-0.2, 0) is 4.79 Å². The fourth-order valence-corrected chi connectivity index (χ4v) is 4.68. The minimum Gasteiger partial charge on any atom is -0.437 e. The molecule has 0 radical (unpaired) electrons. The number of carbonyl (C=O) groups is 1. The molecular weight excluding hydrogens is 502 g/mol. The van der Waals surface area contributed by atoms with Gasteiger partial charge in [-0.1, -0.05) is 12.6 Å². The number of rotatable bonds is 11. The Hall–Kier alpha value is -4.06. The molecule has 1 aliphatic rings. The van der Waals surface area contributed by atoms with Crippen molar-refractivity contribution >= 4 is 45.8 Å². The Morgan fingerprint density at radius 2 is 2.03 bits per heavy atom. The van der Waals surface area contributed by atoms with Gasteiger partial charge in [0.2, 0.25) is 17.7 Å². The molecule has 11 heteroatoms. The molecule has 2 aromatic heterocycles. The van der Waals surface area contributed by atoms with Crippen molar-refractivity contribution in [2.24, 2.45) is 4.99 Å². The van der Waals surface area contributed by atoms with E-state index in [1.807, 2.05) is 23.6 Å². The lowest BCUT2D eigenvalue weighted by molar-refractivity contribution is -0.111. The zero-order chi connectivity index (χ0) is 26.9. The van der Waals surface area contributed by atoms with E-state index in [1.165, 1.54) is 17.4 Å². The number of benzene rings is 1. The first kappa shape index (κ1) is 27.0. The number of nitrogens with one attached hydrogen (secondary N) is 2. The van der Waals surface area contributed by atoms with Gasteiger partial charge in [0.1, 0.15) is 16.3 Å². The van der Waals surface area contributed by atoms with E-state index in [2.05, 4.69) is 55.6 Å². The Labute approximate surface area is 225 Å². The molecule has 4 rings (SSSR count). The third-order valence-electron chi connectivity index (χ3n) is 5.95. The molecule has 1 fully saturated rings. The van der Waals surface area contributed by atoms with Crippen LogP contribution in [0.15, 0.2) is 77.0 Å². The molecule has 0 spiro atoms. The van der Waals surface area contributed by atoms with E-state index in [-0.39, 0.29) is 12.5 Å². The molecule has 1 amide bonds. The number of aliphatic imine (C=N–C) groups is 1. The van der Waals surface area contributed by atoms with Crippen LogP contribution in [0.25, 0.3) is 10.2 Å². The molecular formula is C27H31N7O3S. The second kappa shape index (κ2) is 13.0. The predicted octanol–water partition coefficient (Wildman–Crippen LogP) is 4.08. The minimum absolute atomic E-state index is 0.184. The van der Waals surface area contributed by atoms with Crippen molar-refractivity contribution in [3.8, 4) is 11.6 Å². The molecule has 0 saturated carbocycles. The molecule has 1 aromatic carbocycles. The molecule has 3 aromatic rings. The quantitative estimate of drug-likeness (QED) is 0.192. The maximum Gasteiger partial charge on any atom is 0.247 e. The van der Waals surface area contributed by atoms with Gasteiger partial charge in [0, 0.05) is 50.2 Å². The molecule has 1 saturated heterocycles. The van der Waals surface area contributed by atoms with Crippen molar-refractivity contribution < 1.29 is 14.6 Å². The normalized spacial score (nSPS) is 14.8. The van der Waals surface area contributed by atoms with E-state index in [4.69, 9.17) is 9.84 Å². The van der Waals surface area contributed by atoms with Gasteiger partial charge in [-0.3, -0.25) is 9.69 Å². The molecule has 3 N–H and O–H groups in total. The Kier molecular flexibility index (Phi) is 9.20. The third kappa shape index (κ3) is 7.03. The number of hydrogen-bond donors (Lipinski definition) is 3. The van der Waals surface area contributed by atoms with Crippen LogP contribution >= 0.6 is 11.3 Å². The van der Waals surface area contributed by atoms with Crippen LogP contribution < -0.4 is 15.4 Å². The molecule has 10 nitrogen and oxygen atoms in total. The first-order valence-corrected chi connectivity index (χ1v) is 13.0. The second-order valence-corrected chi connectivity index (χ2v) is 9.42. The van der Waals surface area contributed by atoms with Crippen molar-refractivity contribution in [3.63, 3.8) is 0 Å². The van der Waals surface area contributed by atoms with Gasteiger partial charge < -0.3 is 25.4 Å². The number of thiophene rings is 1. The van der Waals surface area contributed by atoms with E-state index in [0.717, 1.165) is 42.1 Å². The van der Waals surface area contributed by atoms with Gasteiger partial charge in [-0.25, -0.2) is 9.98 Å². The average Bonchev–Trinajstić information content (AvgIpc) is 3.40. The highest BCUT2D eigenvalue weighted by Gasteiger charge is 2.16. The van der Waals surface area contributed by atoms with Crippen molar-refractivity contribution in [2.45, 2.75) is 6.92 Å². The molecule has 0 bridgehead atoms. The number of ether oxygens (including phenoxy) is 1. The number of aliphatic hydroxyl groups is 1. The minimum atomic E-state index is -0.305. The molecule has 38 heavy (non-hydrogen) atoms. The van der Waals surface area contributed by atoms with Gasteiger partial charge in [0.05, 0.1) is 12.1 Å². The SMILES string of the molecule is C=CC(=O)Nc1cccc(Oc2nc(N/C(=C/C=C(\C)N3CCN(CCO)CC3)N=C)nc3ccsc23)c1. The van der Waals surface area contributed by atoms with E-state index in [0.29, 0.717) is 35.6 Å². The summed E-state index contributed by atoms with van der Waals surface area (Å²) in [6, 6.07) is 8.94. The number of piperazine rings is 1. The number of allylic oxidation sites excluding steroid dienone is 3. The summed E-state index contributed by atoms with van der Waals surface area (Å²) in [6.07, 6.45) is 5.04. The Balaban J connectivity index is 1.50. The first-order valence-electron chi connectivity index (χ1n) is 12.2. The predicted molar refractivity (Wildman–Crippen MR) is 153 cm³/mol. The van der Waals surface area contributed by atoms with E-state index >= 15 is 0 Å². The average molecular weight is 534 g/mol. The Morgan fingerprint density at radius 1 is 1.21 bits per heavy atom. The number of β-amino-alcohol motifs (C(OH)–C–C–N with tert-alkyl or cyclic N) is 1. The van der Waals surface area contributed by atoms with Gasteiger partial charge in [0.15, 0.2) is 0 Å². The standard InChI is InChI=1S/C27H31N7O3S/c1-4-24(36)29-20-6-5-7-21(18-20)37-26-25-22(10-17-38-25)30-27(32-26)31-23(28-3)9-8-19(2)34-13-11-33(12-14-34)15-16-35/h4-10,17-18,35H,1,3,11-16H2,2H3,(H,29,36)(H,30,31,32)/b19-8+,23-9+.